The summed E-state index contributed by atoms with van der Waals surface area (Å²) in [4.78, 5) is 28.1. The molecule has 2 atom stereocenters. The summed E-state index contributed by atoms with van der Waals surface area (Å²) >= 11 is 6.55. The number of carbonyl (C=O) groups excluding carboxylic acids is 2. The SMILES string of the molecule is CC(C)(C)OC(=O)N1CCN2CC(c3ccc4c(c3Cl)COC4=O)OCC2C1. The summed E-state index contributed by atoms with van der Waals surface area (Å²) in [6, 6.07) is 3.76. The number of rotatable bonds is 1. The van der Waals surface area contributed by atoms with E-state index in [2.05, 4.69) is 4.90 Å². The number of morpholine rings is 1. The van der Waals surface area contributed by atoms with Gasteiger partial charge < -0.3 is 19.1 Å². The van der Waals surface area contributed by atoms with Crippen LogP contribution in [0.2, 0.25) is 5.02 Å². The predicted octanol–water partition coefficient (Wildman–Crippen LogP) is 3.00. The van der Waals surface area contributed by atoms with Crippen LogP contribution in [0.4, 0.5) is 4.79 Å². The zero-order valence-electron chi connectivity index (χ0n) is 16.4. The van der Waals surface area contributed by atoms with E-state index in [1.54, 1.807) is 11.0 Å². The Bertz CT molecular complexity index is 807. The van der Waals surface area contributed by atoms with Gasteiger partial charge in [0.2, 0.25) is 0 Å². The first-order valence-electron chi connectivity index (χ1n) is 9.55. The number of nitrogens with zero attached hydrogens (tertiary/aromatic N) is 2. The molecule has 0 bridgehead atoms. The summed E-state index contributed by atoms with van der Waals surface area (Å²) < 4.78 is 16.7. The van der Waals surface area contributed by atoms with E-state index in [0.29, 0.717) is 36.8 Å². The van der Waals surface area contributed by atoms with Crippen LogP contribution >= 0.6 is 11.6 Å². The van der Waals surface area contributed by atoms with Gasteiger partial charge in [-0.2, -0.15) is 0 Å². The first-order chi connectivity index (χ1) is 13.2. The average Bonchev–Trinajstić information content (AvgIpc) is 3.02. The molecule has 2 saturated heterocycles. The van der Waals surface area contributed by atoms with Crippen molar-refractivity contribution in [2.24, 2.45) is 0 Å². The molecular weight excluding hydrogens is 384 g/mol. The van der Waals surface area contributed by atoms with E-state index in [1.807, 2.05) is 26.8 Å². The highest BCUT2D eigenvalue weighted by atomic mass is 35.5. The molecule has 1 amide bonds. The van der Waals surface area contributed by atoms with Crippen molar-refractivity contribution in [3.63, 3.8) is 0 Å². The Labute approximate surface area is 169 Å². The summed E-state index contributed by atoms with van der Waals surface area (Å²) in [5.74, 6) is -0.327. The zero-order chi connectivity index (χ0) is 20.1. The molecule has 4 rings (SSSR count). The largest absolute Gasteiger partial charge is 0.457 e. The van der Waals surface area contributed by atoms with Crippen LogP contribution in [0.15, 0.2) is 12.1 Å². The molecular formula is C20H25ClN2O5. The molecule has 2 unspecified atom stereocenters. The van der Waals surface area contributed by atoms with Crippen LogP contribution < -0.4 is 0 Å². The van der Waals surface area contributed by atoms with Crippen molar-refractivity contribution < 1.29 is 23.8 Å². The molecule has 7 nitrogen and oxygen atoms in total. The number of esters is 1. The van der Waals surface area contributed by atoms with E-state index in [4.69, 9.17) is 25.8 Å². The Morgan fingerprint density at radius 3 is 2.79 bits per heavy atom. The normalized spacial score (nSPS) is 25.1. The maximum Gasteiger partial charge on any atom is 0.410 e. The highest BCUT2D eigenvalue weighted by Gasteiger charge is 2.38. The fraction of sp³-hybridized carbons (Fsp3) is 0.600. The Morgan fingerprint density at radius 1 is 1.25 bits per heavy atom. The molecule has 28 heavy (non-hydrogen) atoms. The average molecular weight is 409 g/mol. The van der Waals surface area contributed by atoms with Crippen molar-refractivity contribution in [1.29, 1.82) is 0 Å². The fourth-order valence-corrected chi connectivity index (χ4v) is 4.24. The molecule has 0 saturated carbocycles. The highest BCUT2D eigenvalue weighted by Crippen LogP contribution is 2.37. The van der Waals surface area contributed by atoms with Gasteiger partial charge in [-0.25, -0.2) is 9.59 Å². The number of carbonyl (C=O) groups is 2. The van der Waals surface area contributed by atoms with Gasteiger partial charge in [0, 0.05) is 37.3 Å². The van der Waals surface area contributed by atoms with Gasteiger partial charge >= 0.3 is 12.1 Å². The second kappa shape index (κ2) is 7.21. The van der Waals surface area contributed by atoms with Crippen LogP contribution in [0.25, 0.3) is 0 Å². The summed E-state index contributed by atoms with van der Waals surface area (Å²) in [6.45, 7) is 8.99. The first kappa shape index (κ1) is 19.5. The lowest BCUT2D eigenvalue weighted by Gasteiger charge is -2.46. The Hall–Kier alpha value is -1.83. The number of cyclic esters (lactones) is 1. The van der Waals surface area contributed by atoms with E-state index in [9.17, 15) is 9.59 Å². The molecule has 3 aliphatic heterocycles. The molecule has 0 aliphatic carbocycles. The van der Waals surface area contributed by atoms with Gasteiger partial charge in [-0.15, -0.1) is 0 Å². The number of halogens is 1. The van der Waals surface area contributed by atoms with Crippen molar-refractivity contribution in [1.82, 2.24) is 9.80 Å². The molecule has 152 valence electrons. The summed E-state index contributed by atoms with van der Waals surface area (Å²) in [5, 5.41) is 0.555. The number of amides is 1. The molecule has 1 aromatic carbocycles. The fourth-order valence-electron chi connectivity index (χ4n) is 3.90. The summed E-state index contributed by atoms with van der Waals surface area (Å²) in [7, 11) is 0. The van der Waals surface area contributed by atoms with E-state index in [1.165, 1.54) is 0 Å². The molecule has 0 radical (unpaired) electrons. The van der Waals surface area contributed by atoms with Crippen molar-refractivity contribution in [3.8, 4) is 0 Å². The highest BCUT2D eigenvalue weighted by molar-refractivity contribution is 6.32. The van der Waals surface area contributed by atoms with Crippen LogP contribution in [0.5, 0.6) is 0 Å². The Morgan fingerprint density at radius 2 is 2.04 bits per heavy atom. The van der Waals surface area contributed by atoms with E-state index >= 15 is 0 Å². The quantitative estimate of drug-likeness (QED) is 0.665. The van der Waals surface area contributed by atoms with E-state index in [0.717, 1.165) is 17.7 Å². The third kappa shape index (κ3) is 3.71. The second-order valence-electron chi connectivity index (χ2n) is 8.47. The molecule has 8 heteroatoms. The van der Waals surface area contributed by atoms with Gasteiger partial charge in [-0.05, 0) is 26.8 Å². The van der Waals surface area contributed by atoms with Crippen molar-refractivity contribution in [3.05, 3.63) is 33.8 Å². The van der Waals surface area contributed by atoms with Gasteiger partial charge in [0.25, 0.3) is 0 Å². The molecule has 3 heterocycles. The van der Waals surface area contributed by atoms with Crippen LogP contribution in [-0.2, 0) is 20.8 Å². The predicted molar refractivity (Wildman–Crippen MR) is 102 cm³/mol. The number of hydrogen-bond acceptors (Lipinski definition) is 6. The third-order valence-electron chi connectivity index (χ3n) is 5.33. The minimum absolute atomic E-state index is 0.135. The maximum absolute atomic E-state index is 12.3. The minimum atomic E-state index is -0.502. The monoisotopic (exact) mass is 408 g/mol. The maximum atomic E-state index is 12.3. The Kier molecular flexibility index (Phi) is 5.02. The number of hydrogen-bond donors (Lipinski definition) is 0. The van der Waals surface area contributed by atoms with Gasteiger partial charge in [0.1, 0.15) is 12.2 Å². The van der Waals surface area contributed by atoms with Crippen LogP contribution in [0.1, 0.15) is 48.4 Å². The van der Waals surface area contributed by atoms with Crippen molar-refractivity contribution in [2.45, 2.75) is 45.1 Å². The third-order valence-corrected chi connectivity index (χ3v) is 5.78. The van der Waals surface area contributed by atoms with Gasteiger partial charge in [0.05, 0.1) is 29.3 Å². The Balaban J connectivity index is 1.42. The van der Waals surface area contributed by atoms with Crippen LogP contribution in [0.3, 0.4) is 0 Å². The number of benzene rings is 1. The number of piperazine rings is 1. The van der Waals surface area contributed by atoms with Crippen molar-refractivity contribution >= 4 is 23.7 Å². The molecule has 0 N–H and O–H groups in total. The molecule has 3 aliphatic rings. The van der Waals surface area contributed by atoms with Gasteiger partial charge in [-0.3, -0.25) is 4.90 Å². The molecule has 1 aromatic rings. The molecule has 0 spiro atoms. The lowest BCUT2D eigenvalue weighted by molar-refractivity contribution is -0.0906. The second-order valence-corrected chi connectivity index (χ2v) is 8.85. The first-order valence-corrected chi connectivity index (χ1v) is 9.92. The number of ether oxygens (including phenoxy) is 3. The summed E-state index contributed by atoms with van der Waals surface area (Å²) in [6.07, 6.45) is -0.446. The topological polar surface area (TPSA) is 68.3 Å². The van der Waals surface area contributed by atoms with Crippen LogP contribution in [0, 0.1) is 0 Å². The van der Waals surface area contributed by atoms with E-state index in [-0.39, 0.29) is 30.8 Å². The number of fused-ring (bicyclic) bond motifs is 2. The lowest BCUT2D eigenvalue weighted by Crippen LogP contribution is -2.60. The summed E-state index contributed by atoms with van der Waals surface area (Å²) in [5.41, 5.74) is 1.66. The van der Waals surface area contributed by atoms with Crippen molar-refractivity contribution in [2.75, 3.05) is 32.8 Å². The standard InChI is InChI=1S/C20H25ClN2O5/c1-20(2,3)28-19(25)23-7-6-22-9-16(26-10-12(22)8-23)14-5-4-13-15(17(14)21)11-27-18(13)24/h4-5,12,16H,6-11H2,1-3H3. The minimum Gasteiger partial charge on any atom is -0.457 e. The van der Waals surface area contributed by atoms with Crippen LogP contribution in [-0.4, -0.2) is 66.3 Å². The molecule has 0 aromatic heterocycles. The van der Waals surface area contributed by atoms with Gasteiger partial charge in [-0.1, -0.05) is 17.7 Å². The zero-order valence-corrected chi connectivity index (χ0v) is 17.1. The van der Waals surface area contributed by atoms with E-state index < -0.39 is 5.60 Å². The molecule has 2 fully saturated rings. The smallest absolute Gasteiger partial charge is 0.410 e. The lowest BCUT2D eigenvalue weighted by atomic mass is 9.99. The van der Waals surface area contributed by atoms with Gasteiger partial charge in [0.15, 0.2) is 0 Å².